The molecule has 3 aliphatic carbocycles. The van der Waals surface area contributed by atoms with Gasteiger partial charge in [0, 0.05) is 22.7 Å². The van der Waals surface area contributed by atoms with Crippen LogP contribution in [0.2, 0.25) is 0 Å². The van der Waals surface area contributed by atoms with Gasteiger partial charge in [-0.05, 0) is 31.3 Å². The molecule has 4 fully saturated rings. The lowest BCUT2D eigenvalue weighted by molar-refractivity contribution is -0.339. The van der Waals surface area contributed by atoms with Gasteiger partial charge in [-0.15, -0.1) is 0 Å². The van der Waals surface area contributed by atoms with Gasteiger partial charge in [-0.25, -0.2) is 4.79 Å². The Morgan fingerprint density at radius 3 is 2.57 bits per heavy atom. The van der Waals surface area contributed by atoms with Gasteiger partial charge in [-0.2, -0.15) is 0 Å². The Balaban J connectivity index is 1.79. The van der Waals surface area contributed by atoms with E-state index in [9.17, 15) is 30.0 Å². The first-order chi connectivity index (χ1) is 13.0. The number of aliphatic hydroxyl groups excluding tert-OH is 3. The minimum atomic E-state index is -2.01. The van der Waals surface area contributed by atoms with Crippen molar-refractivity contribution < 1.29 is 39.5 Å². The summed E-state index contributed by atoms with van der Waals surface area (Å²) in [4.78, 5) is 25.0. The van der Waals surface area contributed by atoms with Crippen molar-refractivity contribution >= 4 is 11.8 Å². The molecule has 1 spiro atoms. The number of ether oxygens (including phenoxy) is 2. The third kappa shape index (κ3) is 1.72. The van der Waals surface area contributed by atoms with E-state index < -0.39 is 70.5 Å². The second kappa shape index (κ2) is 5.23. The summed E-state index contributed by atoms with van der Waals surface area (Å²) in [6, 6.07) is 0. The van der Waals surface area contributed by atoms with Crippen molar-refractivity contribution in [3.8, 4) is 0 Å². The van der Waals surface area contributed by atoms with E-state index in [4.69, 9.17) is 9.47 Å². The second-order valence-corrected chi connectivity index (χ2v) is 9.63. The Kier molecular flexibility index (Phi) is 3.49. The van der Waals surface area contributed by atoms with Crippen LogP contribution in [0.4, 0.5) is 0 Å². The molecule has 5 rings (SSSR count). The van der Waals surface area contributed by atoms with E-state index in [0.717, 1.165) is 5.57 Å². The fraction of sp³-hybridized carbons (Fsp3) is 0.800. The van der Waals surface area contributed by atoms with Crippen LogP contribution < -0.4 is 0 Å². The molecule has 8 nitrogen and oxygen atoms in total. The second-order valence-electron chi connectivity index (χ2n) is 9.63. The fourth-order valence-corrected chi connectivity index (χ4v) is 7.64. The number of fused-ring (bicyclic) bond motifs is 1. The van der Waals surface area contributed by atoms with Crippen LogP contribution in [-0.2, 0) is 19.1 Å². The zero-order chi connectivity index (χ0) is 20.4. The number of rotatable bonds is 0. The maximum absolute atomic E-state index is 12.5. The van der Waals surface area contributed by atoms with Gasteiger partial charge >= 0.3 is 5.97 Å². The SMILES string of the molecule is CC1=CC(=O)C(O)C2(C)C1CC1OC(=O)C(O)C3C(C)C(O)C4(O)OCC13C42. The summed E-state index contributed by atoms with van der Waals surface area (Å²) in [7, 11) is 0. The first-order valence-corrected chi connectivity index (χ1v) is 9.84. The molecule has 2 saturated carbocycles. The van der Waals surface area contributed by atoms with Crippen molar-refractivity contribution in [1.82, 2.24) is 0 Å². The highest BCUT2D eigenvalue weighted by Crippen LogP contribution is 2.73. The summed E-state index contributed by atoms with van der Waals surface area (Å²) in [5.74, 6) is -5.79. The molecule has 2 bridgehead atoms. The number of hydrogen-bond acceptors (Lipinski definition) is 8. The minimum absolute atomic E-state index is 0.0266. The molecule has 5 aliphatic rings. The van der Waals surface area contributed by atoms with Crippen LogP contribution in [0, 0.1) is 34.5 Å². The Morgan fingerprint density at radius 2 is 1.89 bits per heavy atom. The van der Waals surface area contributed by atoms with Crippen molar-refractivity contribution in [2.75, 3.05) is 6.61 Å². The van der Waals surface area contributed by atoms with Gasteiger partial charge in [0.2, 0.25) is 0 Å². The van der Waals surface area contributed by atoms with Gasteiger partial charge in [0.05, 0.1) is 6.61 Å². The lowest BCUT2D eigenvalue weighted by Gasteiger charge is -2.67. The van der Waals surface area contributed by atoms with Crippen LogP contribution in [0.25, 0.3) is 0 Å². The number of ketones is 1. The summed E-state index contributed by atoms with van der Waals surface area (Å²) >= 11 is 0. The summed E-state index contributed by atoms with van der Waals surface area (Å²) in [5, 5.41) is 44.2. The first kappa shape index (κ1) is 18.7. The topological polar surface area (TPSA) is 134 Å². The molecule has 154 valence electrons. The van der Waals surface area contributed by atoms with Crippen molar-refractivity contribution in [3.63, 3.8) is 0 Å². The first-order valence-electron chi connectivity index (χ1n) is 9.84. The highest BCUT2D eigenvalue weighted by Gasteiger charge is 2.83. The predicted octanol–water partition coefficient (Wildman–Crippen LogP) is -0.863. The smallest absolute Gasteiger partial charge is 0.335 e. The molecule has 2 heterocycles. The molecule has 0 aromatic heterocycles. The number of carbonyl (C=O) groups excluding carboxylic acids is 2. The average molecular weight is 394 g/mol. The largest absolute Gasteiger partial charge is 0.460 e. The highest BCUT2D eigenvalue weighted by molar-refractivity contribution is 5.96. The third-order valence-corrected chi connectivity index (χ3v) is 8.65. The lowest BCUT2D eigenvalue weighted by Crippen LogP contribution is -2.77. The maximum Gasteiger partial charge on any atom is 0.335 e. The third-order valence-electron chi connectivity index (χ3n) is 8.65. The van der Waals surface area contributed by atoms with E-state index in [1.165, 1.54) is 6.08 Å². The number of carbonyl (C=O) groups is 2. The van der Waals surface area contributed by atoms with Gasteiger partial charge in [-0.3, -0.25) is 4.79 Å². The average Bonchev–Trinajstić information content (AvgIpc) is 2.92. The predicted molar refractivity (Wildman–Crippen MR) is 92.4 cm³/mol. The Morgan fingerprint density at radius 1 is 1.21 bits per heavy atom. The van der Waals surface area contributed by atoms with E-state index >= 15 is 0 Å². The van der Waals surface area contributed by atoms with E-state index in [0.29, 0.717) is 6.42 Å². The van der Waals surface area contributed by atoms with Gasteiger partial charge in [0.1, 0.15) is 18.3 Å². The van der Waals surface area contributed by atoms with Crippen LogP contribution in [0.5, 0.6) is 0 Å². The normalized spacial score (nSPS) is 59.9. The number of hydrogen-bond donors (Lipinski definition) is 4. The van der Waals surface area contributed by atoms with Gasteiger partial charge < -0.3 is 29.9 Å². The van der Waals surface area contributed by atoms with Gasteiger partial charge in [0.15, 0.2) is 17.7 Å². The summed E-state index contributed by atoms with van der Waals surface area (Å²) < 4.78 is 11.4. The van der Waals surface area contributed by atoms with Crippen LogP contribution in [0.3, 0.4) is 0 Å². The van der Waals surface area contributed by atoms with E-state index in [2.05, 4.69) is 0 Å². The summed E-state index contributed by atoms with van der Waals surface area (Å²) in [6.07, 6.45) is -3.14. The number of aliphatic hydroxyl groups is 4. The van der Waals surface area contributed by atoms with Crippen molar-refractivity contribution in [2.24, 2.45) is 34.5 Å². The molecular weight excluding hydrogens is 368 g/mol. The summed E-state index contributed by atoms with van der Waals surface area (Å²) in [5.41, 5.74) is -1.40. The van der Waals surface area contributed by atoms with Crippen molar-refractivity contribution in [2.45, 2.75) is 57.4 Å². The summed E-state index contributed by atoms with van der Waals surface area (Å²) in [6.45, 7) is 5.17. The molecular formula is C20H26O8. The molecule has 4 N–H and O–H groups in total. The van der Waals surface area contributed by atoms with Crippen LogP contribution in [0.1, 0.15) is 27.2 Å². The molecule has 8 heteroatoms. The number of esters is 1. The molecule has 2 aliphatic heterocycles. The molecule has 11 unspecified atom stereocenters. The Hall–Kier alpha value is -1.32. The van der Waals surface area contributed by atoms with E-state index in [1.807, 2.05) is 0 Å². The Labute approximate surface area is 162 Å². The highest BCUT2D eigenvalue weighted by atomic mass is 16.7. The Bertz CT molecular complexity index is 808. The zero-order valence-electron chi connectivity index (χ0n) is 16.0. The molecule has 0 radical (unpaired) electrons. The van der Waals surface area contributed by atoms with E-state index in [-0.39, 0.29) is 12.5 Å². The lowest BCUT2D eigenvalue weighted by atomic mass is 9.38. The molecule has 0 aromatic rings. The maximum atomic E-state index is 12.5. The molecule has 28 heavy (non-hydrogen) atoms. The van der Waals surface area contributed by atoms with Crippen molar-refractivity contribution in [1.29, 1.82) is 0 Å². The quantitative estimate of drug-likeness (QED) is 0.390. The zero-order valence-corrected chi connectivity index (χ0v) is 16.0. The standard InChI is InChI=1S/C20H26O8/c1-7-4-10(21)15(24)18(3)9(7)5-11-19-6-27-20(26,17(18)19)14(23)8(2)12(19)13(22)16(25)28-11/h4,8-9,11-15,17,22-24,26H,5-6H2,1-3H3. The molecule has 2 saturated heterocycles. The number of allylic oxidation sites excluding steroid dienone is 1. The van der Waals surface area contributed by atoms with Crippen molar-refractivity contribution in [3.05, 3.63) is 11.6 Å². The van der Waals surface area contributed by atoms with Crippen LogP contribution in [-0.4, -0.2) is 69.0 Å². The van der Waals surface area contributed by atoms with Crippen LogP contribution >= 0.6 is 0 Å². The monoisotopic (exact) mass is 394 g/mol. The molecule has 0 amide bonds. The molecule has 0 aromatic carbocycles. The van der Waals surface area contributed by atoms with Gasteiger partial charge in [-0.1, -0.05) is 19.4 Å². The van der Waals surface area contributed by atoms with E-state index in [1.54, 1.807) is 20.8 Å². The fourth-order valence-electron chi connectivity index (χ4n) is 7.64. The van der Waals surface area contributed by atoms with Gasteiger partial charge in [0.25, 0.3) is 0 Å². The van der Waals surface area contributed by atoms with Crippen LogP contribution in [0.15, 0.2) is 11.6 Å². The molecule has 11 atom stereocenters. The minimum Gasteiger partial charge on any atom is -0.460 e.